The number of rotatable bonds is 4. The van der Waals surface area contributed by atoms with E-state index >= 15 is 0 Å². The SMILES string of the molecule is Cc1c(C(=O)NC2CC(C)(C)Oc3ccccc32)cccc1N(C)S(C)(=O)=O. The van der Waals surface area contributed by atoms with Crippen LogP contribution in [0.2, 0.25) is 0 Å². The Morgan fingerprint density at radius 2 is 1.86 bits per heavy atom. The van der Waals surface area contributed by atoms with Crippen molar-refractivity contribution < 1.29 is 17.9 Å². The summed E-state index contributed by atoms with van der Waals surface area (Å²) in [6.45, 7) is 5.75. The number of nitrogens with one attached hydrogen (secondary N) is 1. The molecule has 0 bridgehead atoms. The number of carbonyl (C=O) groups excluding carboxylic acids is 1. The number of benzene rings is 2. The fourth-order valence-corrected chi connectivity index (χ4v) is 4.11. The van der Waals surface area contributed by atoms with Crippen molar-refractivity contribution in [1.29, 1.82) is 0 Å². The van der Waals surface area contributed by atoms with E-state index < -0.39 is 15.6 Å². The van der Waals surface area contributed by atoms with Crippen LogP contribution in [-0.4, -0.2) is 33.2 Å². The number of ether oxygens (including phenoxy) is 1. The molecule has 1 heterocycles. The Bertz CT molecular complexity index is 1010. The van der Waals surface area contributed by atoms with Crippen LogP contribution >= 0.6 is 0 Å². The molecule has 28 heavy (non-hydrogen) atoms. The van der Waals surface area contributed by atoms with Gasteiger partial charge in [0.2, 0.25) is 10.0 Å². The first-order valence-electron chi connectivity index (χ1n) is 9.12. The lowest BCUT2D eigenvalue weighted by Gasteiger charge is -2.38. The van der Waals surface area contributed by atoms with Crippen LogP contribution in [0.15, 0.2) is 42.5 Å². The Morgan fingerprint density at radius 1 is 1.18 bits per heavy atom. The molecule has 1 unspecified atom stereocenters. The Morgan fingerprint density at radius 3 is 2.54 bits per heavy atom. The van der Waals surface area contributed by atoms with Gasteiger partial charge in [0.15, 0.2) is 0 Å². The predicted molar refractivity (Wildman–Crippen MR) is 110 cm³/mol. The van der Waals surface area contributed by atoms with Gasteiger partial charge in [-0.2, -0.15) is 0 Å². The smallest absolute Gasteiger partial charge is 0.252 e. The van der Waals surface area contributed by atoms with Crippen molar-refractivity contribution in [2.75, 3.05) is 17.6 Å². The summed E-state index contributed by atoms with van der Waals surface area (Å²) in [5, 5.41) is 3.11. The normalized spacial score (nSPS) is 18.0. The Balaban J connectivity index is 1.92. The van der Waals surface area contributed by atoms with Gasteiger partial charge in [0.1, 0.15) is 11.4 Å². The van der Waals surface area contributed by atoms with E-state index in [0.29, 0.717) is 23.2 Å². The van der Waals surface area contributed by atoms with Gasteiger partial charge < -0.3 is 10.1 Å². The van der Waals surface area contributed by atoms with Gasteiger partial charge in [-0.05, 0) is 44.5 Å². The first-order chi connectivity index (χ1) is 13.0. The number of fused-ring (bicyclic) bond motifs is 1. The maximum atomic E-state index is 13.1. The number of nitrogens with zero attached hydrogens (tertiary/aromatic N) is 1. The minimum Gasteiger partial charge on any atom is -0.487 e. The van der Waals surface area contributed by atoms with Crippen LogP contribution in [-0.2, 0) is 10.0 Å². The fraction of sp³-hybridized carbons (Fsp3) is 0.381. The molecular weight excluding hydrogens is 376 g/mol. The minimum atomic E-state index is -3.42. The summed E-state index contributed by atoms with van der Waals surface area (Å²) < 4.78 is 31.0. The van der Waals surface area contributed by atoms with Crippen molar-refractivity contribution in [3.8, 4) is 5.75 Å². The summed E-state index contributed by atoms with van der Waals surface area (Å²) in [6.07, 6.45) is 1.78. The maximum Gasteiger partial charge on any atom is 0.252 e. The van der Waals surface area contributed by atoms with Gasteiger partial charge >= 0.3 is 0 Å². The Labute approximate surface area is 166 Å². The highest BCUT2D eigenvalue weighted by Crippen LogP contribution is 2.39. The zero-order valence-electron chi connectivity index (χ0n) is 16.8. The highest BCUT2D eigenvalue weighted by atomic mass is 32.2. The number of carbonyl (C=O) groups is 1. The predicted octanol–water partition coefficient (Wildman–Crippen LogP) is 3.42. The van der Waals surface area contributed by atoms with Crippen LogP contribution in [0.3, 0.4) is 0 Å². The van der Waals surface area contributed by atoms with E-state index in [0.717, 1.165) is 17.6 Å². The molecule has 7 heteroatoms. The van der Waals surface area contributed by atoms with E-state index in [1.807, 2.05) is 38.1 Å². The highest BCUT2D eigenvalue weighted by Gasteiger charge is 2.34. The molecule has 1 N–H and O–H groups in total. The number of anilines is 1. The van der Waals surface area contributed by atoms with Crippen molar-refractivity contribution in [2.45, 2.75) is 38.8 Å². The van der Waals surface area contributed by atoms with Gasteiger partial charge in [-0.1, -0.05) is 24.3 Å². The molecule has 0 fully saturated rings. The largest absolute Gasteiger partial charge is 0.487 e. The average molecular weight is 403 g/mol. The summed E-state index contributed by atoms with van der Waals surface area (Å²) in [4.78, 5) is 13.1. The third kappa shape index (κ3) is 3.99. The third-order valence-corrected chi connectivity index (χ3v) is 6.26. The molecule has 0 aliphatic carbocycles. The van der Waals surface area contributed by atoms with Crippen LogP contribution in [0.5, 0.6) is 5.75 Å². The number of para-hydroxylation sites is 1. The van der Waals surface area contributed by atoms with E-state index in [1.54, 1.807) is 25.1 Å². The number of hydrogen-bond donors (Lipinski definition) is 1. The van der Waals surface area contributed by atoms with E-state index in [2.05, 4.69) is 5.32 Å². The lowest BCUT2D eigenvalue weighted by atomic mass is 9.89. The van der Waals surface area contributed by atoms with Crippen molar-refractivity contribution >= 4 is 21.6 Å². The third-order valence-electron chi connectivity index (χ3n) is 5.07. The van der Waals surface area contributed by atoms with Crippen LogP contribution in [0.25, 0.3) is 0 Å². The molecule has 0 saturated heterocycles. The Hall–Kier alpha value is -2.54. The molecule has 3 rings (SSSR count). The first kappa shape index (κ1) is 20.2. The van der Waals surface area contributed by atoms with Crippen LogP contribution in [0.4, 0.5) is 5.69 Å². The molecule has 0 spiro atoms. The number of hydrogen-bond acceptors (Lipinski definition) is 4. The second-order valence-corrected chi connectivity index (χ2v) is 9.82. The van der Waals surface area contributed by atoms with Crippen LogP contribution in [0, 0.1) is 6.92 Å². The average Bonchev–Trinajstić information content (AvgIpc) is 2.59. The van der Waals surface area contributed by atoms with Gasteiger partial charge in [0.25, 0.3) is 5.91 Å². The Kier molecular flexibility index (Phi) is 5.14. The van der Waals surface area contributed by atoms with E-state index in [-0.39, 0.29) is 11.9 Å². The van der Waals surface area contributed by atoms with Crippen LogP contribution < -0.4 is 14.4 Å². The molecule has 0 aromatic heterocycles. The first-order valence-corrected chi connectivity index (χ1v) is 11.0. The molecule has 150 valence electrons. The fourth-order valence-electron chi connectivity index (χ4n) is 3.56. The molecule has 1 aliphatic heterocycles. The second-order valence-electron chi connectivity index (χ2n) is 7.81. The zero-order valence-corrected chi connectivity index (χ0v) is 17.6. The molecule has 1 amide bonds. The number of sulfonamides is 1. The topological polar surface area (TPSA) is 75.7 Å². The van der Waals surface area contributed by atoms with Crippen molar-refractivity contribution in [2.24, 2.45) is 0 Å². The van der Waals surface area contributed by atoms with Gasteiger partial charge in [-0.25, -0.2) is 8.42 Å². The summed E-state index contributed by atoms with van der Waals surface area (Å²) in [6, 6.07) is 12.6. The summed E-state index contributed by atoms with van der Waals surface area (Å²) >= 11 is 0. The van der Waals surface area contributed by atoms with Crippen molar-refractivity contribution in [3.05, 3.63) is 59.2 Å². The monoisotopic (exact) mass is 402 g/mol. The maximum absolute atomic E-state index is 13.1. The van der Waals surface area contributed by atoms with E-state index in [1.165, 1.54) is 11.4 Å². The molecule has 1 atom stereocenters. The summed E-state index contributed by atoms with van der Waals surface area (Å²) in [5.41, 5.74) is 2.10. The van der Waals surface area contributed by atoms with Crippen LogP contribution in [0.1, 0.15) is 47.8 Å². The molecule has 0 radical (unpaired) electrons. The number of amides is 1. The second kappa shape index (κ2) is 7.13. The summed E-state index contributed by atoms with van der Waals surface area (Å²) in [5.74, 6) is 0.532. The van der Waals surface area contributed by atoms with E-state index in [4.69, 9.17) is 4.74 Å². The van der Waals surface area contributed by atoms with Gasteiger partial charge in [0.05, 0.1) is 18.0 Å². The standard InChI is InChI=1S/C21H26N2O4S/c1-14-15(10-8-11-18(14)23(4)28(5,25)26)20(24)22-17-13-21(2,3)27-19-12-7-6-9-16(17)19/h6-12,17H,13H2,1-5H3,(H,22,24). The quantitative estimate of drug-likeness (QED) is 0.850. The minimum absolute atomic E-state index is 0.192. The molecule has 1 aliphatic rings. The lowest BCUT2D eigenvalue weighted by Crippen LogP contribution is -2.41. The molecule has 0 saturated carbocycles. The van der Waals surface area contributed by atoms with Crippen molar-refractivity contribution in [1.82, 2.24) is 5.32 Å². The van der Waals surface area contributed by atoms with Gasteiger partial charge in [0, 0.05) is 24.6 Å². The van der Waals surface area contributed by atoms with E-state index in [9.17, 15) is 13.2 Å². The van der Waals surface area contributed by atoms with Gasteiger partial charge in [-0.15, -0.1) is 0 Å². The summed E-state index contributed by atoms with van der Waals surface area (Å²) in [7, 11) is -1.94. The zero-order chi connectivity index (χ0) is 20.7. The molecule has 2 aromatic carbocycles. The lowest BCUT2D eigenvalue weighted by molar-refractivity contribution is 0.0619. The molecular formula is C21H26N2O4S. The van der Waals surface area contributed by atoms with Crippen molar-refractivity contribution in [3.63, 3.8) is 0 Å². The van der Waals surface area contributed by atoms with Gasteiger partial charge in [-0.3, -0.25) is 9.10 Å². The highest BCUT2D eigenvalue weighted by molar-refractivity contribution is 7.92. The molecule has 2 aromatic rings. The molecule has 6 nitrogen and oxygen atoms in total.